The maximum absolute atomic E-state index is 15.5. The molecule has 0 aromatic carbocycles. The summed E-state index contributed by atoms with van der Waals surface area (Å²) in [5.41, 5.74) is 0.503. The van der Waals surface area contributed by atoms with Gasteiger partial charge in [0, 0.05) is 0 Å². The SMILES string of the molecule is Cc1cn[c]([Sn][C](C)(C)C)c(F)c1-n1c(C)cc(OC(C)c2ncc(F)cc2F)c(Br)c1=O. The molecule has 0 N–H and O–H groups in total. The number of hydrogen-bond donors (Lipinski definition) is 0. The van der Waals surface area contributed by atoms with Gasteiger partial charge in [0.25, 0.3) is 0 Å². The molecule has 1 unspecified atom stereocenters. The van der Waals surface area contributed by atoms with Gasteiger partial charge in [0.2, 0.25) is 0 Å². The Morgan fingerprint density at radius 1 is 1.12 bits per heavy atom. The third kappa shape index (κ3) is 5.62. The third-order valence-corrected chi connectivity index (χ3v) is 9.26. The number of aromatic nitrogens is 3. The maximum atomic E-state index is 15.5. The van der Waals surface area contributed by atoms with Crippen molar-refractivity contribution in [3.63, 3.8) is 0 Å². The number of pyridine rings is 3. The monoisotopic (exact) mass is 629 g/mol. The van der Waals surface area contributed by atoms with Gasteiger partial charge in [-0.15, -0.1) is 0 Å². The summed E-state index contributed by atoms with van der Waals surface area (Å²) in [5.74, 6) is -1.99. The predicted molar refractivity (Wildman–Crippen MR) is 125 cm³/mol. The second-order valence-corrected chi connectivity index (χ2v) is 15.9. The number of aryl methyl sites for hydroxylation is 2. The first-order valence-corrected chi connectivity index (χ1v) is 13.8. The molecule has 0 fully saturated rings. The van der Waals surface area contributed by atoms with Crippen LogP contribution >= 0.6 is 15.9 Å². The Morgan fingerprint density at radius 2 is 1.79 bits per heavy atom. The molecule has 3 rings (SSSR count). The number of nitrogens with zero attached hydrogens (tertiary/aromatic N) is 3. The molecule has 174 valence electrons. The zero-order chi connectivity index (χ0) is 24.7. The third-order valence-electron chi connectivity index (χ3n) is 4.72. The molecule has 0 saturated carbocycles. The Kier molecular flexibility index (Phi) is 7.62. The van der Waals surface area contributed by atoms with Gasteiger partial charge in [0.15, 0.2) is 0 Å². The summed E-state index contributed by atoms with van der Waals surface area (Å²) >= 11 is 1.88. The second kappa shape index (κ2) is 9.77. The summed E-state index contributed by atoms with van der Waals surface area (Å²) in [7, 11) is 0. The molecule has 10 heteroatoms. The fourth-order valence-corrected chi connectivity index (χ4v) is 6.73. The van der Waals surface area contributed by atoms with Crippen molar-refractivity contribution in [3.05, 3.63) is 73.8 Å². The van der Waals surface area contributed by atoms with E-state index < -0.39 is 50.3 Å². The van der Waals surface area contributed by atoms with E-state index in [1.807, 2.05) is 0 Å². The standard InChI is InChI=1S/C19H14BrF3N3O2.C4H9.Sn/c1-9-6-24-8-14(23)18(9)26-10(2)4-15(16(20)19(26)27)28-11(3)17-13(22)5-12(21)7-25-17;1-4(2)3;/h4-7,11H,1-3H3;1-3H3;. The van der Waals surface area contributed by atoms with E-state index in [2.05, 4.69) is 46.7 Å². The van der Waals surface area contributed by atoms with Crippen molar-refractivity contribution in [2.75, 3.05) is 0 Å². The van der Waals surface area contributed by atoms with Gasteiger partial charge in [-0.1, -0.05) is 0 Å². The Bertz CT molecular complexity index is 1280. The first-order valence-electron chi connectivity index (χ1n) is 10.1. The van der Waals surface area contributed by atoms with Gasteiger partial charge in [0.1, 0.15) is 5.82 Å². The predicted octanol–water partition coefficient (Wildman–Crippen LogP) is 5.11. The molecule has 0 spiro atoms. The van der Waals surface area contributed by atoms with Gasteiger partial charge in [0.05, 0.1) is 0 Å². The van der Waals surface area contributed by atoms with E-state index in [0.717, 1.165) is 6.20 Å². The van der Waals surface area contributed by atoms with Crippen molar-refractivity contribution in [1.29, 1.82) is 0 Å². The van der Waals surface area contributed by atoms with E-state index in [-0.39, 0.29) is 25.0 Å². The van der Waals surface area contributed by atoms with Crippen LogP contribution in [0.5, 0.6) is 5.75 Å². The molecule has 1 atom stereocenters. The zero-order valence-corrected chi connectivity index (χ0v) is 23.5. The molecule has 0 aliphatic carbocycles. The van der Waals surface area contributed by atoms with Crippen LogP contribution in [0.2, 0.25) is 3.43 Å². The van der Waals surface area contributed by atoms with Crippen molar-refractivity contribution in [1.82, 2.24) is 14.5 Å². The van der Waals surface area contributed by atoms with Gasteiger partial charge in [-0.25, -0.2) is 4.39 Å². The van der Waals surface area contributed by atoms with E-state index in [9.17, 15) is 13.6 Å². The Morgan fingerprint density at radius 3 is 2.39 bits per heavy atom. The summed E-state index contributed by atoms with van der Waals surface area (Å²) in [6.07, 6.45) is 1.59. The second-order valence-electron chi connectivity index (χ2n) is 8.71. The minimum atomic E-state index is -1.37. The molecule has 0 aliphatic rings. The molecule has 0 bridgehead atoms. The van der Waals surface area contributed by atoms with Crippen LogP contribution in [-0.4, -0.2) is 35.7 Å². The van der Waals surface area contributed by atoms with E-state index in [1.54, 1.807) is 26.1 Å². The van der Waals surface area contributed by atoms with Crippen LogP contribution < -0.4 is 14.0 Å². The summed E-state index contributed by atoms with van der Waals surface area (Å²) in [6.45, 7) is 11.1. The molecule has 0 aliphatic heterocycles. The van der Waals surface area contributed by atoms with E-state index in [1.165, 1.54) is 11.5 Å². The quantitative estimate of drug-likeness (QED) is 0.369. The van der Waals surface area contributed by atoms with Crippen LogP contribution in [0.15, 0.2) is 33.8 Å². The van der Waals surface area contributed by atoms with Crippen LogP contribution in [-0.2, 0) is 0 Å². The van der Waals surface area contributed by atoms with Crippen LogP contribution in [0.3, 0.4) is 0 Å². The van der Waals surface area contributed by atoms with Crippen LogP contribution in [0.4, 0.5) is 13.2 Å². The van der Waals surface area contributed by atoms with E-state index in [4.69, 9.17) is 4.74 Å². The van der Waals surface area contributed by atoms with E-state index >= 15 is 4.39 Å². The molecule has 33 heavy (non-hydrogen) atoms. The molecule has 3 heterocycles. The first kappa shape index (κ1) is 25.7. The van der Waals surface area contributed by atoms with E-state index in [0.29, 0.717) is 21.0 Å². The Labute approximate surface area is 208 Å². The summed E-state index contributed by atoms with van der Waals surface area (Å²) < 4.78 is 50.3. The molecule has 2 radical (unpaired) electrons. The molecular formula is C23H23BrF3N3O2Sn. The molecule has 5 nitrogen and oxygen atoms in total. The van der Waals surface area contributed by atoms with Crippen LogP contribution in [0, 0.1) is 31.3 Å². The van der Waals surface area contributed by atoms with Crippen molar-refractivity contribution < 1.29 is 17.9 Å². The summed E-state index contributed by atoms with van der Waals surface area (Å²) in [6, 6.07) is 2.28. The normalized spacial score (nSPS) is 12.7. The first-order chi connectivity index (χ1) is 15.3. The Balaban J connectivity index is 2.07. The van der Waals surface area contributed by atoms with Gasteiger partial charge < -0.3 is 0 Å². The van der Waals surface area contributed by atoms with Crippen molar-refractivity contribution >= 4 is 40.8 Å². The molecular weight excluding hydrogens is 606 g/mol. The number of hydrogen-bond acceptors (Lipinski definition) is 4. The van der Waals surface area contributed by atoms with Crippen molar-refractivity contribution in [3.8, 4) is 11.4 Å². The molecule has 3 aromatic heterocycles. The van der Waals surface area contributed by atoms with Crippen LogP contribution in [0.1, 0.15) is 50.8 Å². The van der Waals surface area contributed by atoms with Gasteiger partial charge in [-0.2, -0.15) is 0 Å². The molecule has 3 aromatic rings. The number of halogens is 4. The summed E-state index contributed by atoms with van der Waals surface area (Å²) in [5, 5.41) is 0. The topological polar surface area (TPSA) is 57.0 Å². The zero-order valence-electron chi connectivity index (χ0n) is 19.1. The average Bonchev–Trinajstić information content (AvgIpc) is 2.69. The van der Waals surface area contributed by atoms with Crippen molar-refractivity contribution in [2.45, 2.75) is 51.1 Å². The van der Waals surface area contributed by atoms with Gasteiger partial charge in [-0.3, -0.25) is 0 Å². The van der Waals surface area contributed by atoms with Crippen molar-refractivity contribution in [2.24, 2.45) is 0 Å². The number of rotatable bonds is 5. The number of ether oxygens (including phenoxy) is 1. The van der Waals surface area contributed by atoms with Gasteiger partial charge in [-0.05, 0) is 0 Å². The fourth-order valence-electron chi connectivity index (χ4n) is 3.30. The molecule has 0 amide bonds. The van der Waals surface area contributed by atoms with Gasteiger partial charge >= 0.3 is 199 Å². The van der Waals surface area contributed by atoms with Crippen LogP contribution in [0.25, 0.3) is 5.69 Å². The summed E-state index contributed by atoms with van der Waals surface area (Å²) in [4.78, 5) is 21.3. The average molecular weight is 629 g/mol. The molecule has 0 saturated heterocycles. The fraction of sp³-hybridized carbons (Fsp3) is 0.348. The minimum absolute atomic E-state index is 0.0260. The Hall–Kier alpha value is -1.88.